The zero-order valence-electron chi connectivity index (χ0n) is 11.7. The fourth-order valence-corrected chi connectivity index (χ4v) is 2.43. The smallest absolute Gasteiger partial charge is 0.410 e. The highest BCUT2D eigenvalue weighted by Gasteiger charge is 2.35. The van der Waals surface area contributed by atoms with Gasteiger partial charge in [0.25, 0.3) is 0 Å². The molecule has 1 aliphatic heterocycles. The Bertz CT molecular complexity index is 257. The summed E-state index contributed by atoms with van der Waals surface area (Å²) in [5.41, 5.74) is -0.411. The molecule has 1 N–H and O–H groups in total. The van der Waals surface area contributed by atoms with Crippen LogP contribution in [0.4, 0.5) is 4.79 Å². The van der Waals surface area contributed by atoms with E-state index >= 15 is 0 Å². The third kappa shape index (κ3) is 3.87. The number of rotatable bonds is 3. The largest absolute Gasteiger partial charge is 0.444 e. The number of carbonyl (C=O) groups excluding carboxylic acids is 1. The van der Waals surface area contributed by atoms with Gasteiger partial charge in [-0.15, -0.1) is 0 Å². The van der Waals surface area contributed by atoms with Gasteiger partial charge in [0.2, 0.25) is 0 Å². The summed E-state index contributed by atoms with van der Waals surface area (Å²) in [6.07, 6.45) is 3.00. The zero-order valence-corrected chi connectivity index (χ0v) is 11.7. The van der Waals surface area contributed by atoms with Crippen molar-refractivity contribution in [1.82, 2.24) is 10.2 Å². The molecule has 4 nitrogen and oxygen atoms in total. The summed E-state index contributed by atoms with van der Waals surface area (Å²) in [7, 11) is 1.96. The van der Waals surface area contributed by atoms with E-state index in [-0.39, 0.29) is 12.1 Å². The van der Waals surface area contributed by atoms with Gasteiger partial charge < -0.3 is 15.0 Å². The maximum Gasteiger partial charge on any atom is 0.410 e. The molecule has 1 aliphatic rings. The SMILES string of the molecule is CC[C@@H](NC)[C@H]1CCCN1C(=O)OC(C)(C)C. The third-order valence-corrected chi connectivity index (χ3v) is 3.20. The van der Waals surface area contributed by atoms with E-state index in [1.165, 1.54) is 0 Å². The molecule has 0 radical (unpaired) electrons. The highest BCUT2D eigenvalue weighted by molar-refractivity contribution is 5.69. The first-order valence-corrected chi connectivity index (χ1v) is 6.56. The first kappa shape index (κ1) is 14.3. The molecule has 0 spiro atoms. The number of likely N-dealkylation sites (N-methyl/N-ethyl adjacent to an activating group) is 1. The second-order valence-corrected chi connectivity index (χ2v) is 5.69. The molecule has 1 saturated heterocycles. The maximum absolute atomic E-state index is 12.1. The van der Waals surface area contributed by atoms with Crippen LogP contribution in [0, 0.1) is 0 Å². The highest BCUT2D eigenvalue weighted by atomic mass is 16.6. The molecule has 0 aliphatic carbocycles. The van der Waals surface area contributed by atoms with Crippen LogP contribution in [0.1, 0.15) is 47.0 Å². The summed E-state index contributed by atoms with van der Waals surface area (Å²) >= 11 is 0. The molecule has 0 bridgehead atoms. The Morgan fingerprint density at radius 3 is 2.65 bits per heavy atom. The number of hydrogen-bond donors (Lipinski definition) is 1. The zero-order chi connectivity index (χ0) is 13.1. The lowest BCUT2D eigenvalue weighted by molar-refractivity contribution is 0.0197. The van der Waals surface area contributed by atoms with Crippen molar-refractivity contribution in [2.24, 2.45) is 0 Å². The summed E-state index contributed by atoms with van der Waals surface area (Å²) in [6, 6.07) is 0.643. The molecule has 1 heterocycles. The van der Waals surface area contributed by atoms with Crippen molar-refractivity contribution in [3.63, 3.8) is 0 Å². The predicted molar refractivity (Wildman–Crippen MR) is 69.1 cm³/mol. The van der Waals surface area contributed by atoms with Crippen molar-refractivity contribution in [2.75, 3.05) is 13.6 Å². The molecule has 1 rings (SSSR count). The van der Waals surface area contributed by atoms with Crippen LogP contribution in [0.3, 0.4) is 0 Å². The van der Waals surface area contributed by atoms with Gasteiger partial charge in [0, 0.05) is 12.6 Å². The number of nitrogens with one attached hydrogen (secondary N) is 1. The molecule has 0 aromatic carbocycles. The van der Waals surface area contributed by atoms with E-state index in [0.29, 0.717) is 6.04 Å². The van der Waals surface area contributed by atoms with Gasteiger partial charge >= 0.3 is 6.09 Å². The first-order valence-electron chi connectivity index (χ1n) is 6.56. The Morgan fingerprint density at radius 2 is 2.18 bits per heavy atom. The third-order valence-electron chi connectivity index (χ3n) is 3.20. The monoisotopic (exact) mass is 242 g/mol. The van der Waals surface area contributed by atoms with Crippen LogP contribution in [0.25, 0.3) is 0 Å². The fourth-order valence-electron chi connectivity index (χ4n) is 2.43. The fraction of sp³-hybridized carbons (Fsp3) is 0.923. The van der Waals surface area contributed by atoms with Crippen LogP contribution in [-0.2, 0) is 4.74 Å². The summed E-state index contributed by atoms with van der Waals surface area (Å²) in [5, 5.41) is 3.29. The maximum atomic E-state index is 12.1. The van der Waals surface area contributed by atoms with Crippen molar-refractivity contribution in [3.05, 3.63) is 0 Å². The van der Waals surface area contributed by atoms with E-state index in [2.05, 4.69) is 12.2 Å². The van der Waals surface area contributed by atoms with Gasteiger partial charge in [-0.3, -0.25) is 0 Å². The summed E-state index contributed by atoms with van der Waals surface area (Å²) in [4.78, 5) is 14.0. The lowest BCUT2D eigenvalue weighted by Crippen LogP contribution is -2.49. The Balaban J connectivity index is 2.65. The minimum atomic E-state index is -0.411. The Hall–Kier alpha value is -0.770. The van der Waals surface area contributed by atoms with Gasteiger partial charge in [-0.05, 0) is 47.1 Å². The second kappa shape index (κ2) is 5.71. The van der Waals surface area contributed by atoms with Crippen LogP contribution in [0.2, 0.25) is 0 Å². The molecule has 0 unspecified atom stereocenters. The Kier molecular flexibility index (Phi) is 4.80. The Labute approximate surface area is 105 Å². The topological polar surface area (TPSA) is 41.6 Å². The lowest BCUT2D eigenvalue weighted by Gasteiger charge is -2.32. The minimum Gasteiger partial charge on any atom is -0.444 e. The van der Waals surface area contributed by atoms with Gasteiger partial charge in [0.05, 0.1) is 6.04 Å². The molecular formula is C13H26N2O2. The molecule has 0 aromatic rings. The van der Waals surface area contributed by atoms with Crippen LogP contribution in [0.5, 0.6) is 0 Å². The Morgan fingerprint density at radius 1 is 1.53 bits per heavy atom. The van der Waals surface area contributed by atoms with Crippen LogP contribution in [0.15, 0.2) is 0 Å². The van der Waals surface area contributed by atoms with Gasteiger partial charge in [0.15, 0.2) is 0 Å². The van der Waals surface area contributed by atoms with Crippen LogP contribution in [-0.4, -0.2) is 42.3 Å². The molecule has 17 heavy (non-hydrogen) atoms. The molecule has 0 saturated carbocycles. The van der Waals surface area contributed by atoms with Crippen LogP contribution < -0.4 is 5.32 Å². The van der Waals surface area contributed by atoms with Crippen molar-refractivity contribution in [3.8, 4) is 0 Å². The van der Waals surface area contributed by atoms with Crippen molar-refractivity contribution in [2.45, 2.75) is 64.6 Å². The second-order valence-electron chi connectivity index (χ2n) is 5.69. The van der Waals surface area contributed by atoms with Gasteiger partial charge in [-0.25, -0.2) is 4.79 Å². The standard InChI is InChI=1S/C13H26N2O2/c1-6-10(14-5)11-8-7-9-15(11)12(16)17-13(2,3)4/h10-11,14H,6-9H2,1-5H3/t10-,11-/m1/s1. The number of likely N-dealkylation sites (tertiary alicyclic amines) is 1. The van der Waals surface area contributed by atoms with Gasteiger partial charge in [-0.2, -0.15) is 0 Å². The average Bonchev–Trinajstić information content (AvgIpc) is 2.66. The molecule has 2 atom stereocenters. The molecule has 1 amide bonds. The van der Waals surface area contributed by atoms with E-state index in [0.717, 1.165) is 25.8 Å². The lowest BCUT2D eigenvalue weighted by atomic mass is 10.0. The molecule has 1 fully saturated rings. The molecule has 100 valence electrons. The molecular weight excluding hydrogens is 216 g/mol. The van der Waals surface area contributed by atoms with E-state index in [1.54, 1.807) is 0 Å². The number of hydrogen-bond acceptors (Lipinski definition) is 3. The van der Waals surface area contributed by atoms with Crippen molar-refractivity contribution >= 4 is 6.09 Å². The predicted octanol–water partition coefficient (Wildman–Crippen LogP) is 2.38. The first-order chi connectivity index (χ1) is 7.89. The van der Waals surface area contributed by atoms with E-state index in [1.807, 2.05) is 32.7 Å². The van der Waals surface area contributed by atoms with E-state index in [9.17, 15) is 4.79 Å². The molecule has 0 aromatic heterocycles. The van der Waals surface area contributed by atoms with Crippen LogP contribution >= 0.6 is 0 Å². The quantitative estimate of drug-likeness (QED) is 0.826. The highest BCUT2D eigenvalue weighted by Crippen LogP contribution is 2.24. The number of amides is 1. The van der Waals surface area contributed by atoms with Crippen molar-refractivity contribution < 1.29 is 9.53 Å². The minimum absolute atomic E-state index is 0.172. The van der Waals surface area contributed by atoms with E-state index < -0.39 is 5.60 Å². The number of nitrogens with zero attached hydrogens (tertiary/aromatic N) is 1. The van der Waals surface area contributed by atoms with Gasteiger partial charge in [-0.1, -0.05) is 6.92 Å². The summed E-state index contributed by atoms with van der Waals surface area (Å²) in [6.45, 7) is 8.69. The number of ether oxygens (including phenoxy) is 1. The average molecular weight is 242 g/mol. The van der Waals surface area contributed by atoms with E-state index in [4.69, 9.17) is 4.74 Å². The number of carbonyl (C=O) groups is 1. The van der Waals surface area contributed by atoms with Crippen molar-refractivity contribution in [1.29, 1.82) is 0 Å². The van der Waals surface area contributed by atoms with Gasteiger partial charge in [0.1, 0.15) is 5.60 Å². The summed E-state index contributed by atoms with van der Waals surface area (Å²) < 4.78 is 5.45. The normalized spacial score (nSPS) is 22.6. The summed E-state index contributed by atoms with van der Waals surface area (Å²) in [5.74, 6) is 0. The molecule has 4 heteroatoms.